The van der Waals surface area contributed by atoms with E-state index in [4.69, 9.17) is 19.4 Å². The highest BCUT2D eigenvalue weighted by atomic mass is 16.3. The first-order chi connectivity index (χ1) is 24.3. The van der Waals surface area contributed by atoms with Crippen LogP contribution in [0.25, 0.3) is 99.5 Å². The zero-order chi connectivity index (χ0) is 32.3. The highest BCUT2D eigenvalue weighted by Gasteiger charge is 2.18. The molecule has 0 aliphatic heterocycles. The maximum atomic E-state index is 6.22. The van der Waals surface area contributed by atoms with Gasteiger partial charge in [0.2, 0.25) is 0 Å². The molecule has 0 radical (unpaired) electrons. The lowest BCUT2D eigenvalue weighted by atomic mass is 9.96. The second-order valence-corrected chi connectivity index (χ2v) is 12.4. The molecule has 8 aromatic carbocycles. The van der Waals surface area contributed by atoms with Gasteiger partial charge in [-0.05, 0) is 73.8 Å². The van der Waals surface area contributed by atoms with Gasteiger partial charge in [-0.2, -0.15) is 0 Å². The summed E-state index contributed by atoms with van der Waals surface area (Å²) in [4.78, 5) is 15.5. The standard InChI is InChI=1S/C45H27N3O/c1-2-12-29-25-33(24-23-28(29)11-1)44-46-43(47-45(48-44)39-27-31-13-3-4-16-34(31)36-17-5-6-18-37(36)39)32-15-9-14-30(26-32)35-20-10-22-41-42(35)38-19-7-8-21-40(38)49-41/h1-27H. The van der Waals surface area contributed by atoms with Crippen molar-refractivity contribution in [3.63, 3.8) is 0 Å². The van der Waals surface area contributed by atoms with Crippen LogP contribution in [0.4, 0.5) is 0 Å². The molecule has 0 atom stereocenters. The summed E-state index contributed by atoms with van der Waals surface area (Å²) in [5, 5.41) is 9.15. The van der Waals surface area contributed by atoms with E-state index in [0.717, 1.165) is 65.9 Å². The largest absolute Gasteiger partial charge is 0.456 e. The van der Waals surface area contributed by atoms with Crippen molar-refractivity contribution in [3.8, 4) is 45.3 Å². The molecule has 0 spiro atoms. The van der Waals surface area contributed by atoms with Crippen molar-refractivity contribution < 1.29 is 4.42 Å². The van der Waals surface area contributed by atoms with Crippen LogP contribution in [0.5, 0.6) is 0 Å². The van der Waals surface area contributed by atoms with Gasteiger partial charge in [0.05, 0.1) is 0 Å². The second-order valence-electron chi connectivity index (χ2n) is 12.4. The van der Waals surface area contributed by atoms with Gasteiger partial charge in [-0.25, -0.2) is 15.0 Å². The molecule has 0 aliphatic rings. The monoisotopic (exact) mass is 625 g/mol. The van der Waals surface area contributed by atoms with Gasteiger partial charge in [-0.1, -0.05) is 133 Å². The summed E-state index contributed by atoms with van der Waals surface area (Å²) in [5.41, 5.74) is 6.76. The summed E-state index contributed by atoms with van der Waals surface area (Å²) in [7, 11) is 0. The van der Waals surface area contributed by atoms with Crippen LogP contribution in [0.2, 0.25) is 0 Å². The average molecular weight is 626 g/mol. The molecule has 0 bridgehead atoms. The predicted octanol–water partition coefficient (Wildman–Crippen LogP) is 11.9. The molecule has 10 rings (SSSR count). The van der Waals surface area contributed by atoms with Crippen molar-refractivity contribution in [2.24, 2.45) is 0 Å². The molecule has 0 saturated carbocycles. The van der Waals surface area contributed by atoms with Crippen molar-refractivity contribution in [1.82, 2.24) is 15.0 Å². The van der Waals surface area contributed by atoms with E-state index in [2.05, 4.69) is 146 Å². The minimum absolute atomic E-state index is 0.622. The molecule has 4 nitrogen and oxygen atoms in total. The van der Waals surface area contributed by atoms with Crippen LogP contribution >= 0.6 is 0 Å². The highest BCUT2D eigenvalue weighted by molar-refractivity contribution is 6.14. The lowest BCUT2D eigenvalue weighted by Crippen LogP contribution is -2.01. The second kappa shape index (κ2) is 11.0. The van der Waals surface area contributed by atoms with Crippen molar-refractivity contribution in [1.29, 1.82) is 0 Å². The summed E-state index contributed by atoms with van der Waals surface area (Å²) in [6.07, 6.45) is 0. The first kappa shape index (κ1) is 27.5. The minimum atomic E-state index is 0.622. The Balaban J connectivity index is 1.21. The normalized spacial score (nSPS) is 11.7. The fourth-order valence-electron chi connectivity index (χ4n) is 7.16. The van der Waals surface area contributed by atoms with Gasteiger partial charge in [-0.15, -0.1) is 0 Å². The number of benzene rings is 8. The molecule has 2 aromatic heterocycles. The Bertz CT molecular complexity index is 2900. The highest BCUT2D eigenvalue weighted by Crippen LogP contribution is 2.39. The molecule has 0 aliphatic carbocycles. The number of hydrogen-bond acceptors (Lipinski definition) is 4. The Morgan fingerprint density at radius 1 is 0.327 bits per heavy atom. The van der Waals surface area contributed by atoms with Crippen molar-refractivity contribution in [2.45, 2.75) is 0 Å². The van der Waals surface area contributed by atoms with E-state index in [1.807, 2.05) is 18.2 Å². The number of furan rings is 1. The predicted molar refractivity (Wildman–Crippen MR) is 201 cm³/mol. The molecule has 0 fully saturated rings. The Morgan fingerprint density at radius 3 is 1.80 bits per heavy atom. The van der Waals surface area contributed by atoms with Crippen LogP contribution in [-0.2, 0) is 0 Å². The van der Waals surface area contributed by atoms with Gasteiger partial charge in [-0.3, -0.25) is 0 Å². The van der Waals surface area contributed by atoms with Crippen LogP contribution in [0, 0.1) is 0 Å². The van der Waals surface area contributed by atoms with Gasteiger partial charge in [0.1, 0.15) is 11.2 Å². The van der Waals surface area contributed by atoms with Crippen molar-refractivity contribution >= 4 is 54.3 Å². The van der Waals surface area contributed by atoms with Crippen LogP contribution < -0.4 is 0 Å². The smallest absolute Gasteiger partial charge is 0.164 e. The Hall–Kier alpha value is -6.65. The molecule has 0 unspecified atom stereocenters. The molecule has 0 N–H and O–H groups in total. The van der Waals surface area contributed by atoms with Crippen molar-refractivity contribution in [2.75, 3.05) is 0 Å². The quantitative estimate of drug-likeness (QED) is 0.183. The van der Waals surface area contributed by atoms with Crippen LogP contribution in [0.1, 0.15) is 0 Å². The maximum absolute atomic E-state index is 6.22. The number of nitrogens with zero attached hydrogens (tertiary/aromatic N) is 3. The molecule has 49 heavy (non-hydrogen) atoms. The molecule has 4 heteroatoms. The van der Waals surface area contributed by atoms with Crippen LogP contribution in [-0.4, -0.2) is 15.0 Å². The number of rotatable bonds is 4. The first-order valence-corrected chi connectivity index (χ1v) is 16.4. The summed E-state index contributed by atoms with van der Waals surface area (Å²) in [6.45, 7) is 0. The summed E-state index contributed by atoms with van der Waals surface area (Å²) in [6, 6.07) is 56.9. The Morgan fingerprint density at radius 2 is 0.939 bits per heavy atom. The Kier molecular flexibility index (Phi) is 6.15. The SMILES string of the molecule is c1cc(-c2nc(-c3ccc4ccccc4c3)nc(-c3cc4ccccc4c4ccccc34)n2)cc(-c2cccc3oc4ccccc4c23)c1. The zero-order valence-electron chi connectivity index (χ0n) is 26.3. The summed E-state index contributed by atoms with van der Waals surface area (Å²) >= 11 is 0. The molecule has 2 heterocycles. The molecule has 10 aromatic rings. The molecule has 0 saturated heterocycles. The van der Waals surface area contributed by atoms with E-state index in [1.165, 1.54) is 16.2 Å². The van der Waals surface area contributed by atoms with E-state index in [-0.39, 0.29) is 0 Å². The number of para-hydroxylation sites is 1. The van der Waals surface area contributed by atoms with Crippen LogP contribution in [0.3, 0.4) is 0 Å². The van der Waals surface area contributed by atoms with Crippen molar-refractivity contribution in [3.05, 3.63) is 164 Å². The van der Waals surface area contributed by atoms with Gasteiger partial charge in [0, 0.05) is 27.5 Å². The van der Waals surface area contributed by atoms with E-state index in [9.17, 15) is 0 Å². The van der Waals surface area contributed by atoms with Gasteiger partial charge in [0.25, 0.3) is 0 Å². The topological polar surface area (TPSA) is 51.8 Å². The van der Waals surface area contributed by atoms with E-state index in [1.54, 1.807) is 0 Å². The summed E-state index contributed by atoms with van der Waals surface area (Å²) in [5.74, 6) is 1.90. The molecular formula is C45H27N3O. The number of fused-ring (bicyclic) bond motifs is 7. The maximum Gasteiger partial charge on any atom is 0.164 e. The molecule has 228 valence electrons. The lowest BCUT2D eigenvalue weighted by Gasteiger charge is -2.13. The van der Waals surface area contributed by atoms with Crippen LogP contribution in [0.15, 0.2) is 168 Å². The average Bonchev–Trinajstić information content (AvgIpc) is 3.56. The fourth-order valence-corrected chi connectivity index (χ4v) is 7.16. The summed E-state index contributed by atoms with van der Waals surface area (Å²) < 4.78 is 6.22. The zero-order valence-corrected chi connectivity index (χ0v) is 26.3. The first-order valence-electron chi connectivity index (χ1n) is 16.4. The van der Waals surface area contributed by atoms with Gasteiger partial charge >= 0.3 is 0 Å². The lowest BCUT2D eigenvalue weighted by molar-refractivity contribution is 0.669. The van der Waals surface area contributed by atoms with E-state index < -0.39 is 0 Å². The van der Waals surface area contributed by atoms with Gasteiger partial charge < -0.3 is 4.42 Å². The third-order valence-corrected chi connectivity index (χ3v) is 9.49. The molecular weight excluding hydrogens is 599 g/mol. The number of hydrogen-bond donors (Lipinski definition) is 0. The number of aromatic nitrogens is 3. The third kappa shape index (κ3) is 4.57. The third-order valence-electron chi connectivity index (χ3n) is 9.49. The minimum Gasteiger partial charge on any atom is -0.456 e. The van der Waals surface area contributed by atoms with E-state index in [0.29, 0.717) is 17.5 Å². The van der Waals surface area contributed by atoms with Gasteiger partial charge in [0.15, 0.2) is 17.5 Å². The molecule has 0 amide bonds. The van der Waals surface area contributed by atoms with E-state index >= 15 is 0 Å². The Labute approximate surface area is 282 Å². The fraction of sp³-hybridized carbons (Fsp3) is 0.